The fraction of sp³-hybridized carbons (Fsp3) is 0.0714. The van der Waals surface area contributed by atoms with Gasteiger partial charge in [-0.1, -0.05) is 29.3 Å². The van der Waals surface area contributed by atoms with Gasteiger partial charge in [0.05, 0.1) is 17.2 Å². The van der Waals surface area contributed by atoms with Crippen molar-refractivity contribution >= 4 is 50.2 Å². The van der Waals surface area contributed by atoms with Crippen LogP contribution in [0.15, 0.2) is 41.4 Å². The number of hydrogen-bond acceptors (Lipinski definition) is 6. The zero-order chi connectivity index (χ0) is 17.3. The molecule has 10 heteroatoms. The Bertz CT molecular complexity index is 1030. The minimum atomic E-state index is -4.04. The van der Waals surface area contributed by atoms with Gasteiger partial charge in [-0.15, -0.1) is 0 Å². The largest absolute Gasteiger partial charge is 0.478 e. The molecule has 2 aromatic heterocycles. The summed E-state index contributed by atoms with van der Waals surface area (Å²) in [5.74, 6) is -0.0861. The number of anilines is 1. The van der Waals surface area contributed by atoms with Crippen LogP contribution in [0.3, 0.4) is 0 Å². The van der Waals surface area contributed by atoms with Gasteiger partial charge in [-0.3, -0.25) is 4.72 Å². The van der Waals surface area contributed by atoms with E-state index in [1.54, 1.807) is 18.3 Å². The number of pyridine rings is 1. The maximum atomic E-state index is 12.6. The highest BCUT2D eigenvalue weighted by Gasteiger charge is 2.23. The van der Waals surface area contributed by atoms with Crippen LogP contribution in [0.2, 0.25) is 10.0 Å². The second kappa shape index (κ2) is 6.39. The minimum absolute atomic E-state index is 0.0112. The molecule has 3 aromatic rings. The smallest absolute Gasteiger partial charge is 0.264 e. The van der Waals surface area contributed by atoms with Gasteiger partial charge in [-0.05, 0) is 24.3 Å². The molecule has 0 radical (unpaired) electrons. The summed E-state index contributed by atoms with van der Waals surface area (Å²) >= 11 is 11.9. The van der Waals surface area contributed by atoms with E-state index in [-0.39, 0.29) is 26.6 Å². The Morgan fingerprint density at radius 1 is 1.12 bits per heavy atom. The van der Waals surface area contributed by atoms with E-state index in [1.807, 2.05) is 0 Å². The molecule has 0 fully saturated rings. The lowest BCUT2D eigenvalue weighted by Gasteiger charge is -2.12. The first kappa shape index (κ1) is 16.7. The number of methoxy groups -OCH3 is 1. The van der Waals surface area contributed by atoms with Crippen molar-refractivity contribution in [2.45, 2.75) is 4.90 Å². The summed E-state index contributed by atoms with van der Waals surface area (Å²) in [6, 6.07) is 7.62. The number of halogens is 2. The third kappa shape index (κ3) is 3.08. The number of nitrogens with one attached hydrogen (secondary N) is 1. The van der Waals surface area contributed by atoms with Crippen LogP contribution < -0.4 is 9.46 Å². The van der Waals surface area contributed by atoms with Crippen LogP contribution in [0.25, 0.3) is 11.2 Å². The normalized spacial score (nSPS) is 11.5. The van der Waals surface area contributed by atoms with Crippen molar-refractivity contribution in [2.75, 3.05) is 11.8 Å². The zero-order valence-corrected chi connectivity index (χ0v) is 14.5. The number of nitrogens with zero attached hydrogens (tertiary/aromatic N) is 3. The van der Waals surface area contributed by atoms with Gasteiger partial charge in [0.15, 0.2) is 5.65 Å². The molecule has 7 nitrogen and oxygen atoms in total. The van der Waals surface area contributed by atoms with Gasteiger partial charge < -0.3 is 4.74 Å². The van der Waals surface area contributed by atoms with Crippen LogP contribution in [-0.4, -0.2) is 30.5 Å². The lowest BCUT2D eigenvalue weighted by molar-refractivity contribution is 0.400. The fourth-order valence-electron chi connectivity index (χ4n) is 1.96. The molecule has 0 aliphatic carbocycles. The van der Waals surface area contributed by atoms with E-state index in [2.05, 4.69) is 19.7 Å². The fourth-order valence-corrected chi connectivity index (χ4v) is 3.72. The zero-order valence-electron chi connectivity index (χ0n) is 12.2. The van der Waals surface area contributed by atoms with E-state index in [9.17, 15) is 8.42 Å². The molecule has 0 amide bonds. The van der Waals surface area contributed by atoms with E-state index in [1.165, 1.54) is 25.3 Å². The minimum Gasteiger partial charge on any atom is -0.478 e. The molecule has 0 aliphatic rings. The Kier molecular flexibility index (Phi) is 4.44. The third-order valence-corrected chi connectivity index (χ3v) is 5.35. The van der Waals surface area contributed by atoms with Gasteiger partial charge in [0.1, 0.15) is 10.4 Å². The molecule has 0 unspecified atom stereocenters. The highest BCUT2D eigenvalue weighted by atomic mass is 35.5. The topological polar surface area (TPSA) is 94.1 Å². The van der Waals surface area contributed by atoms with Crippen molar-refractivity contribution in [1.82, 2.24) is 15.0 Å². The molecule has 0 atom stereocenters. The molecule has 124 valence electrons. The van der Waals surface area contributed by atoms with Crippen molar-refractivity contribution in [3.63, 3.8) is 0 Å². The first-order chi connectivity index (χ1) is 11.4. The number of rotatable bonds is 4. The van der Waals surface area contributed by atoms with E-state index >= 15 is 0 Å². The highest BCUT2D eigenvalue weighted by Crippen LogP contribution is 2.31. The molecule has 3 rings (SSSR count). The summed E-state index contributed by atoms with van der Waals surface area (Å²) in [7, 11) is -2.69. The van der Waals surface area contributed by atoms with Crippen LogP contribution in [-0.2, 0) is 10.0 Å². The van der Waals surface area contributed by atoms with Crippen LogP contribution in [0.4, 0.5) is 5.82 Å². The van der Waals surface area contributed by atoms with Gasteiger partial charge in [0.2, 0.25) is 5.82 Å². The molecule has 0 aliphatic heterocycles. The van der Waals surface area contributed by atoms with Crippen LogP contribution >= 0.6 is 23.2 Å². The van der Waals surface area contributed by atoms with Crippen molar-refractivity contribution < 1.29 is 13.2 Å². The predicted octanol–water partition coefficient (Wildman–Crippen LogP) is 3.14. The number of aromatic nitrogens is 3. The molecule has 24 heavy (non-hydrogen) atoms. The van der Waals surface area contributed by atoms with E-state index in [0.717, 1.165) is 0 Å². The lowest BCUT2D eigenvalue weighted by Crippen LogP contribution is -2.16. The number of ether oxygens (including phenoxy) is 1. The standard InChI is InChI=1S/C14H10Cl2N4O3S/c1-23-14-13(18-9-5-3-7-17-12(9)19-14)20-24(21,22)10-6-2-4-8(15)11(10)16/h2-7H,1H3,(H,18,20). The summed E-state index contributed by atoms with van der Waals surface area (Å²) in [4.78, 5) is 12.2. The van der Waals surface area contributed by atoms with E-state index < -0.39 is 10.0 Å². The third-order valence-electron chi connectivity index (χ3n) is 3.04. The average Bonchev–Trinajstić information content (AvgIpc) is 2.56. The van der Waals surface area contributed by atoms with Gasteiger partial charge in [0.25, 0.3) is 15.9 Å². The summed E-state index contributed by atoms with van der Waals surface area (Å²) in [5, 5.41) is 0.0429. The summed E-state index contributed by atoms with van der Waals surface area (Å²) in [5.41, 5.74) is 0.742. The molecule has 1 aromatic carbocycles. The quantitative estimate of drug-likeness (QED) is 0.742. The number of benzene rings is 1. The van der Waals surface area contributed by atoms with Gasteiger partial charge in [-0.25, -0.2) is 18.4 Å². The van der Waals surface area contributed by atoms with Crippen molar-refractivity contribution in [3.8, 4) is 5.88 Å². The molecule has 0 saturated heterocycles. The summed E-state index contributed by atoms with van der Waals surface area (Å²) < 4.78 is 32.6. The lowest BCUT2D eigenvalue weighted by atomic mass is 10.4. The molecule has 0 saturated carbocycles. The second-order valence-electron chi connectivity index (χ2n) is 4.59. The van der Waals surface area contributed by atoms with E-state index in [4.69, 9.17) is 27.9 Å². The Labute approximate surface area is 147 Å². The van der Waals surface area contributed by atoms with Crippen molar-refractivity contribution in [1.29, 1.82) is 0 Å². The number of sulfonamides is 1. The first-order valence-corrected chi connectivity index (χ1v) is 8.80. The SMILES string of the molecule is COc1nc2ncccc2nc1NS(=O)(=O)c1cccc(Cl)c1Cl. The molecule has 0 bridgehead atoms. The molecular formula is C14H10Cl2N4O3S. The maximum absolute atomic E-state index is 12.6. The van der Waals surface area contributed by atoms with Crippen LogP contribution in [0.5, 0.6) is 5.88 Å². The molecule has 2 heterocycles. The predicted molar refractivity (Wildman–Crippen MR) is 91.2 cm³/mol. The second-order valence-corrected chi connectivity index (χ2v) is 7.02. The molecule has 0 spiro atoms. The molecule has 1 N–H and O–H groups in total. The van der Waals surface area contributed by atoms with E-state index in [0.29, 0.717) is 11.2 Å². The van der Waals surface area contributed by atoms with Crippen molar-refractivity contribution in [2.24, 2.45) is 0 Å². The number of hydrogen-bond donors (Lipinski definition) is 1. The van der Waals surface area contributed by atoms with Gasteiger partial charge >= 0.3 is 0 Å². The maximum Gasteiger partial charge on any atom is 0.264 e. The highest BCUT2D eigenvalue weighted by molar-refractivity contribution is 7.92. The Balaban J connectivity index is 2.09. The monoisotopic (exact) mass is 384 g/mol. The summed E-state index contributed by atoms with van der Waals surface area (Å²) in [6.45, 7) is 0. The summed E-state index contributed by atoms with van der Waals surface area (Å²) in [6.07, 6.45) is 1.55. The van der Waals surface area contributed by atoms with Crippen molar-refractivity contribution in [3.05, 3.63) is 46.6 Å². The van der Waals surface area contributed by atoms with Gasteiger partial charge in [-0.2, -0.15) is 4.98 Å². The Morgan fingerprint density at radius 2 is 1.92 bits per heavy atom. The Hall–Kier alpha value is -2.16. The first-order valence-electron chi connectivity index (χ1n) is 6.56. The average molecular weight is 385 g/mol. The Morgan fingerprint density at radius 3 is 2.67 bits per heavy atom. The van der Waals surface area contributed by atoms with Crippen LogP contribution in [0, 0.1) is 0 Å². The van der Waals surface area contributed by atoms with Gasteiger partial charge in [0, 0.05) is 6.20 Å². The molecular weight excluding hydrogens is 375 g/mol. The number of fused-ring (bicyclic) bond motifs is 1. The van der Waals surface area contributed by atoms with Crippen LogP contribution in [0.1, 0.15) is 0 Å².